The van der Waals surface area contributed by atoms with Gasteiger partial charge >= 0.3 is 5.97 Å². The van der Waals surface area contributed by atoms with Crippen LogP contribution in [0.4, 0.5) is 4.39 Å². The molecule has 1 aromatic carbocycles. The number of carbonyl (C=O) groups excluding carboxylic acids is 1. The SMILES string of the molecule is CC(C(=O)O)N(C)C(=O)c1cn(C2CC2)c2cc(Cl)c(F)cc2c1=O. The summed E-state index contributed by atoms with van der Waals surface area (Å²) in [7, 11) is 1.31. The number of hydrogen-bond acceptors (Lipinski definition) is 3. The van der Waals surface area contributed by atoms with Crippen LogP contribution in [0.3, 0.4) is 0 Å². The van der Waals surface area contributed by atoms with Gasteiger partial charge in [-0.3, -0.25) is 9.59 Å². The summed E-state index contributed by atoms with van der Waals surface area (Å²) >= 11 is 5.84. The average Bonchev–Trinajstić information content (AvgIpc) is 3.40. The Morgan fingerprint density at radius 2 is 2.04 bits per heavy atom. The van der Waals surface area contributed by atoms with E-state index in [-0.39, 0.29) is 22.0 Å². The molecule has 25 heavy (non-hydrogen) atoms. The van der Waals surface area contributed by atoms with Crippen molar-refractivity contribution in [2.75, 3.05) is 7.05 Å². The molecule has 3 rings (SSSR count). The Labute approximate surface area is 147 Å². The maximum Gasteiger partial charge on any atom is 0.326 e. The summed E-state index contributed by atoms with van der Waals surface area (Å²) in [6.45, 7) is 1.35. The smallest absolute Gasteiger partial charge is 0.326 e. The maximum atomic E-state index is 13.8. The summed E-state index contributed by atoms with van der Waals surface area (Å²) in [6.07, 6.45) is 3.17. The molecular weight excluding hydrogens is 351 g/mol. The number of rotatable bonds is 4. The zero-order valence-corrected chi connectivity index (χ0v) is 14.4. The van der Waals surface area contributed by atoms with Crippen LogP contribution >= 0.6 is 11.6 Å². The number of carbonyl (C=O) groups is 2. The van der Waals surface area contributed by atoms with E-state index in [1.54, 1.807) is 4.57 Å². The van der Waals surface area contributed by atoms with Crippen molar-refractivity contribution in [1.29, 1.82) is 0 Å². The zero-order valence-electron chi connectivity index (χ0n) is 13.6. The lowest BCUT2D eigenvalue weighted by Crippen LogP contribution is -2.42. The number of pyridine rings is 1. The summed E-state index contributed by atoms with van der Waals surface area (Å²) in [6, 6.07) is 1.41. The Morgan fingerprint density at radius 1 is 1.40 bits per heavy atom. The number of benzene rings is 1. The number of aliphatic carboxylic acids is 1. The number of likely N-dealkylation sites (N-methyl/N-ethyl adjacent to an activating group) is 1. The molecule has 1 saturated carbocycles. The highest BCUT2D eigenvalue weighted by molar-refractivity contribution is 6.31. The standard InChI is InChI=1S/C17H16ClFN2O4/c1-8(17(24)25)20(2)16(23)11-7-21(9-3-4-9)14-6-12(18)13(19)5-10(14)15(11)22/h5-9H,3-4H2,1-2H3,(H,24,25). The highest BCUT2D eigenvalue weighted by Gasteiger charge is 2.30. The summed E-state index contributed by atoms with van der Waals surface area (Å²) in [5, 5.41) is 9.02. The van der Waals surface area contributed by atoms with E-state index in [9.17, 15) is 18.8 Å². The van der Waals surface area contributed by atoms with Gasteiger partial charge in [0, 0.05) is 24.7 Å². The lowest BCUT2D eigenvalue weighted by molar-refractivity contribution is -0.141. The van der Waals surface area contributed by atoms with Gasteiger partial charge in [-0.25, -0.2) is 9.18 Å². The van der Waals surface area contributed by atoms with Gasteiger partial charge in [0.1, 0.15) is 17.4 Å². The lowest BCUT2D eigenvalue weighted by Gasteiger charge is -2.22. The van der Waals surface area contributed by atoms with Gasteiger partial charge in [0.15, 0.2) is 0 Å². The fourth-order valence-electron chi connectivity index (χ4n) is 2.68. The number of carboxylic acid groups (broad SMARTS) is 1. The van der Waals surface area contributed by atoms with Gasteiger partial charge in [-0.2, -0.15) is 0 Å². The van der Waals surface area contributed by atoms with E-state index in [2.05, 4.69) is 0 Å². The van der Waals surface area contributed by atoms with Crippen LogP contribution in [0, 0.1) is 5.82 Å². The summed E-state index contributed by atoms with van der Waals surface area (Å²) < 4.78 is 15.6. The predicted octanol–water partition coefficient (Wildman–Crippen LogP) is 2.67. The Kier molecular flexibility index (Phi) is 4.28. The number of fused-ring (bicyclic) bond motifs is 1. The maximum absolute atomic E-state index is 13.8. The van der Waals surface area contributed by atoms with Crippen LogP contribution in [-0.2, 0) is 4.79 Å². The first kappa shape index (κ1) is 17.4. The van der Waals surface area contributed by atoms with Crippen molar-refractivity contribution in [3.63, 3.8) is 0 Å². The average molecular weight is 367 g/mol. The number of aromatic nitrogens is 1. The van der Waals surface area contributed by atoms with Crippen molar-refractivity contribution in [3.05, 3.63) is 45.0 Å². The summed E-state index contributed by atoms with van der Waals surface area (Å²) in [4.78, 5) is 37.4. The molecule has 6 nitrogen and oxygen atoms in total. The van der Waals surface area contributed by atoms with Crippen LogP contribution in [0.15, 0.2) is 23.1 Å². The summed E-state index contributed by atoms with van der Waals surface area (Å²) in [5.74, 6) is -2.64. The van der Waals surface area contributed by atoms with Gasteiger partial charge in [-0.15, -0.1) is 0 Å². The van der Waals surface area contributed by atoms with Crippen molar-refractivity contribution in [2.45, 2.75) is 31.8 Å². The molecule has 1 unspecified atom stereocenters. The lowest BCUT2D eigenvalue weighted by atomic mass is 10.1. The third kappa shape index (κ3) is 3.00. The minimum Gasteiger partial charge on any atom is -0.480 e. The quantitative estimate of drug-likeness (QED) is 0.902. The molecule has 8 heteroatoms. The molecule has 1 heterocycles. The molecule has 0 bridgehead atoms. The number of halogens is 2. The van der Waals surface area contributed by atoms with Crippen molar-refractivity contribution in [2.24, 2.45) is 0 Å². The summed E-state index contributed by atoms with van der Waals surface area (Å²) in [5.41, 5.74) is -0.363. The predicted molar refractivity (Wildman–Crippen MR) is 90.6 cm³/mol. The van der Waals surface area contributed by atoms with Gasteiger partial charge < -0.3 is 14.6 Å². The van der Waals surface area contributed by atoms with E-state index in [1.807, 2.05) is 0 Å². The van der Waals surface area contributed by atoms with Gasteiger partial charge in [0.25, 0.3) is 5.91 Å². The monoisotopic (exact) mass is 366 g/mol. The number of nitrogens with zero attached hydrogens (tertiary/aromatic N) is 2. The van der Waals surface area contributed by atoms with E-state index >= 15 is 0 Å². The third-order valence-electron chi connectivity index (χ3n) is 4.50. The van der Waals surface area contributed by atoms with Gasteiger partial charge in [0.05, 0.1) is 10.5 Å². The van der Waals surface area contributed by atoms with E-state index < -0.39 is 29.2 Å². The van der Waals surface area contributed by atoms with E-state index in [1.165, 1.54) is 26.2 Å². The first-order chi connectivity index (χ1) is 11.7. The van der Waals surface area contributed by atoms with Crippen LogP contribution < -0.4 is 5.43 Å². The molecule has 1 atom stereocenters. The van der Waals surface area contributed by atoms with E-state index in [0.717, 1.165) is 23.8 Å². The van der Waals surface area contributed by atoms with E-state index in [4.69, 9.17) is 16.7 Å². The molecule has 1 fully saturated rings. The van der Waals surface area contributed by atoms with Crippen molar-refractivity contribution >= 4 is 34.4 Å². The van der Waals surface area contributed by atoms with Crippen LogP contribution in [0.1, 0.15) is 36.2 Å². The molecule has 0 radical (unpaired) electrons. The topological polar surface area (TPSA) is 79.6 Å². The Hall–Kier alpha value is -2.41. The van der Waals surface area contributed by atoms with Gasteiger partial charge in [-0.05, 0) is 31.9 Å². The molecule has 1 aliphatic carbocycles. The zero-order chi connectivity index (χ0) is 18.5. The Bertz CT molecular complexity index is 952. The van der Waals surface area contributed by atoms with Crippen molar-refractivity contribution < 1.29 is 19.1 Å². The van der Waals surface area contributed by atoms with Crippen LogP contribution in [0.25, 0.3) is 10.9 Å². The highest BCUT2D eigenvalue weighted by Crippen LogP contribution is 2.37. The molecule has 1 N–H and O–H groups in total. The Morgan fingerprint density at radius 3 is 2.60 bits per heavy atom. The largest absolute Gasteiger partial charge is 0.480 e. The second kappa shape index (κ2) is 6.15. The Balaban J connectivity index is 2.21. The van der Waals surface area contributed by atoms with Crippen molar-refractivity contribution in [3.8, 4) is 0 Å². The van der Waals surface area contributed by atoms with Crippen LogP contribution in [0.2, 0.25) is 5.02 Å². The van der Waals surface area contributed by atoms with Crippen LogP contribution in [0.5, 0.6) is 0 Å². The molecule has 0 spiro atoms. The number of carboxylic acids is 1. The molecule has 1 aromatic heterocycles. The molecular formula is C17H16ClFN2O4. The molecule has 0 aliphatic heterocycles. The first-order valence-electron chi connectivity index (χ1n) is 7.76. The fourth-order valence-corrected chi connectivity index (χ4v) is 2.84. The normalized spacial score (nSPS) is 15.2. The number of amides is 1. The minimum absolute atomic E-state index is 0.0519. The molecule has 1 amide bonds. The molecule has 2 aromatic rings. The van der Waals surface area contributed by atoms with E-state index in [0.29, 0.717) is 5.52 Å². The third-order valence-corrected chi connectivity index (χ3v) is 4.79. The second-order valence-corrected chi connectivity index (χ2v) is 6.63. The van der Waals surface area contributed by atoms with Crippen LogP contribution in [-0.4, -0.2) is 39.5 Å². The second-order valence-electron chi connectivity index (χ2n) is 6.22. The minimum atomic E-state index is -1.18. The fraction of sp³-hybridized carbons (Fsp3) is 0.353. The molecule has 1 aliphatic rings. The molecule has 0 saturated heterocycles. The first-order valence-corrected chi connectivity index (χ1v) is 8.14. The van der Waals surface area contributed by atoms with Crippen molar-refractivity contribution in [1.82, 2.24) is 9.47 Å². The highest BCUT2D eigenvalue weighted by atomic mass is 35.5. The molecule has 132 valence electrons. The van der Waals surface area contributed by atoms with Gasteiger partial charge in [-0.1, -0.05) is 11.6 Å². The van der Waals surface area contributed by atoms with Gasteiger partial charge in [0.2, 0.25) is 5.43 Å². The number of hydrogen-bond donors (Lipinski definition) is 1.